The van der Waals surface area contributed by atoms with Crippen LogP contribution in [-0.2, 0) is 4.79 Å². The summed E-state index contributed by atoms with van der Waals surface area (Å²) in [6.07, 6.45) is 2.97. The minimum Gasteiger partial charge on any atom is -0.463 e. The first-order valence-corrected chi connectivity index (χ1v) is 7.79. The standard InChI is InChI=1S/C14H14N6O2S/c1-9-6-10(2)20-13(16-9)17-14(19-20)23-8-12(21)18-15-7-11-4-3-5-22-11/h3-7H,8H2,1-2H3,(H,18,21)/b15-7-. The molecule has 23 heavy (non-hydrogen) atoms. The van der Waals surface area contributed by atoms with Gasteiger partial charge in [0.2, 0.25) is 5.16 Å². The number of rotatable bonds is 5. The van der Waals surface area contributed by atoms with Crippen LogP contribution in [0.5, 0.6) is 0 Å². The number of aromatic nitrogens is 4. The van der Waals surface area contributed by atoms with E-state index in [4.69, 9.17) is 4.42 Å². The van der Waals surface area contributed by atoms with Crippen molar-refractivity contribution in [1.29, 1.82) is 0 Å². The van der Waals surface area contributed by atoms with Crippen LogP contribution in [0, 0.1) is 13.8 Å². The van der Waals surface area contributed by atoms with Crippen LogP contribution in [0.3, 0.4) is 0 Å². The van der Waals surface area contributed by atoms with Gasteiger partial charge >= 0.3 is 0 Å². The van der Waals surface area contributed by atoms with E-state index in [0.717, 1.165) is 11.4 Å². The van der Waals surface area contributed by atoms with Crippen molar-refractivity contribution in [3.63, 3.8) is 0 Å². The Kier molecular flexibility index (Phi) is 4.38. The molecular weight excluding hydrogens is 316 g/mol. The molecule has 3 rings (SSSR count). The predicted octanol–water partition coefficient (Wildman–Crippen LogP) is 1.58. The fraction of sp³-hybridized carbons (Fsp3) is 0.214. The Morgan fingerprint density at radius 3 is 3.13 bits per heavy atom. The zero-order valence-electron chi connectivity index (χ0n) is 12.6. The average molecular weight is 330 g/mol. The minimum atomic E-state index is -0.252. The largest absolute Gasteiger partial charge is 0.463 e. The molecule has 3 aromatic heterocycles. The van der Waals surface area contributed by atoms with Crippen LogP contribution >= 0.6 is 11.8 Å². The van der Waals surface area contributed by atoms with Gasteiger partial charge in [0.15, 0.2) is 0 Å². The molecule has 3 aromatic rings. The van der Waals surface area contributed by atoms with Gasteiger partial charge in [-0.3, -0.25) is 4.79 Å². The molecule has 1 amide bonds. The molecule has 8 nitrogen and oxygen atoms in total. The van der Waals surface area contributed by atoms with Gasteiger partial charge in [0, 0.05) is 11.4 Å². The van der Waals surface area contributed by atoms with Crippen molar-refractivity contribution in [2.45, 2.75) is 19.0 Å². The van der Waals surface area contributed by atoms with E-state index >= 15 is 0 Å². The second kappa shape index (κ2) is 6.61. The lowest BCUT2D eigenvalue weighted by atomic mass is 10.4. The number of nitrogens with one attached hydrogen (secondary N) is 1. The molecule has 0 aliphatic carbocycles. The van der Waals surface area contributed by atoms with Crippen LogP contribution < -0.4 is 5.43 Å². The maximum Gasteiger partial charge on any atom is 0.253 e. The molecule has 0 aromatic carbocycles. The maximum absolute atomic E-state index is 11.7. The van der Waals surface area contributed by atoms with Crippen LogP contribution in [0.4, 0.5) is 0 Å². The molecule has 0 aliphatic rings. The molecule has 0 saturated heterocycles. The van der Waals surface area contributed by atoms with Crippen LogP contribution in [0.25, 0.3) is 5.78 Å². The van der Waals surface area contributed by atoms with Gasteiger partial charge in [-0.1, -0.05) is 11.8 Å². The summed E-state index contributed by atoms with van der Waals surface area (Å²) in [5.74, 6) is 1.00. The second-order valence-corrected chi connectivity index (χ2v) is 5.68. The number of hydrogen-bond donors (Lipinski definition) is 1. The monoisotopic (exact) mass is 330 g/mol. The van der Waals surface area contributed by atoms with Crippen LogP contribution in [0.2, 0.25) is 0 Å². The molecule has 3 heterocycles. The molecule has 0 radical (unpaired) electrons. The van der Waals surface area contributed by atoms with Gasteiger partial charge in [-0.2, -0.15) is 10.1 Å². The summed E-state index contributed by atoms with van der Waals surface area (Å²) in [7, 11) is 0. The molecule has 1 N–H and O–H groups in total. The van der Waals surface area contributed by atoms with E-state index in [-0.39, 0.29) is 11.7 Å². The molecule has 0 bridgehead atoms. The molecule has 118 valence electrons. The Morgan fingerprint density at radius 2 is 2.35 bits per heavy atom. The highest BCUT2D eigenvalue weighted by molar-refractivity contribution is 7.99. The number of nitrogens with zero attached hydrogens (tertiary/aromatic N) is 5. The minimum absolute atomic E-state index is 0.157. The Morgan fingerprint density at radius 1 is 1.48 bits per heavy atom. The zero-order chi connectivity index (χ0) is 16.2. The fourth-order valence-corrected chi connectivity index (χ4v) is 2.51. The van der Waals surface area contributed by atoms with Gasteiger partial charge < -0.3 is 4.42 Å². The topological polar surface area (TPSA) is 97.7 Å². The highest BCUT2D eigenvalue weighted by Gasteiger charge is 2.10. The fourth-order valence-electron chi connectivity index (χ4n) is 1.90. The normalized spacial score (nSPS) is 11.4. The highest BCUT2D eigenvalue weighted by atomic mass is 32.2. The third kappa shape index (κ3) is 3.75. The number of carbonyl (C=O) groups excluding carboxylic acids is 1. The Hall–Kier alpha value is -2.68. The van der Waals surface area contributed by atoms with E-state index < -0.39 is 0 Å². The van der Waals surface area contributed by atoms with Gasteiger partial charge in [-0.25, -0.2) is 14.9 Å². The second-order valence-electron chi connectivity index (χ2n) is 4.74. The van der Waals surface area contributed by atoms with E-state index in [1.54, 1.807) is 16.6 Å². The Bertz CT molecular complexity index is 856. The van der Waals surface area contributed by atoms with Crippen molar-refractivity contribution in [2.75, 3.05) is 5.75 Å². The third-order valence-electron chi connectivity index (χ3n) is 2.86. The molecular formula is C14H14N6O2S. The zero-order valence-corrected chi connectivity index (χ0v) is 13.4. The van der Waals surface area contributed by atoms with Crippen molar-refractivity contribution in [3.8, 4) is 0 Å². The number of hydrogen-bond acceptors (Lipinski definition) is 7. The van der Waals surface area contributed by atoms with Gasteiger partial charge in [-0.15, -0.1) is 5.10 Å². The van der Waals surface area contributed by atoms with Crippen molar-refractivity contribution in [1.82, 2.24) is 25.0 Å². The SMILES string of the molecule is Cc1cc(C)n2nc(SCC(=O)N/N=C\c3ccco3)nc2n1. The first-order valence-electron chi connectivity index (χ1n) is 6.81. The number of carbonyl (C=O) groups is 1. The van der Waals surface area contributed by atoms with E-state index in [0.29, 0.717) is 16.7 Å². The van der Waals surface area contributed by atoms with Crippen LogP contribution in [0.15, 0.2) is 39.1 Å². The molecule has 0 atom stereocenters. The van der Waals surface area contributed by atoms with E-state index in [1.807, 2.05) is 19.9 Å². The molecule has 0 fully saturated rings. The van der Waals surface area contributed by atoms with E-state index in [2.05, 4.69) is 25.6 Å². The summed E-state index contributed by atoms with van der Waals surface area (Å²) >= 11 is 1.22. The summed E-state index contributed by atoms with van der Waals surface area (Å²) in [5.41, 5.74) is 4.24. The lowest BCUT2D eigenvalue weighted by molar-refractivity contribution is -0.118. The number of furan rings is 1. The maximum atomic E-state index is 11.7. The van der Waals surface area contributed by atoms with Crippen LogP contribution in [-0.4, -0.2) is 37.5 Å². The van der Waals surface area contributed by atoms with Crippen LogP contribution in [0.1, 0.15) is 17.1 Å². The number of aryl methyl sites for hydroxylation is 2. The summed E-state index contributed by atoms with van der Waals surface area (Å²) in [6.45, 7) is 3.83. The van der Waals surface area contributed by atoms with Crippen molar-refractivity contribution < 1.29 is 9.21 Å². The van der Waals surface area contributed by atoms with Gasteiger partial charge in [-0.05, 0) is 32.0 Å². The van der Waals surface area contributed by atoms with Crippen molar-refractivity contribution >= 4 is 29.7 Å². The molecule has 0 unspecified atom stereocenters. The van der Waals surface area contributed by atoms with E-state index in [1.165, 1.54) is 24.2 Å². The molecule has 0 saturated carbocycles. The smallest absolute Gasteiger partial charge is 0.253 e. The quantitative estimate of drug-likeness (QED) is 0.433. The van der Waals surface area contributed by atoms with Gasteiger partial charge in [0.05, 0.1) is 18.2 Å². The molecule has 9 heteroatoms. The summed E-state index contributed by atoms with van der Waals surface area (Å²) < 4.78 is 6.72. The Balaban J connectivity index is 1.57. The first kappa shape index (κ1) is 15.2. The Labute approximate surface area is 136 Å². The highest BCUT2D eigenvalue weighted by Crippen LogP contribution is 2.14. The number of thioether (sulfide) groups is 1. The van der Waals surface area contributed by atoms with Crippen molar-refractivity contribution in [2.24, 2.45) is 5.10 Å². The average Bonchev–Trinajstić information content (AvgIpc) is 3.14. The predicted molar refractivity (Wildman–Crippen MR) is 85.4 cm³/mol. The summed E-state index contributed by atoms with van der Waals surface area (Å²) in [4.78, 5) is 20.3. The van der Waals surface area contributed by atoms with Gasteiger partial charge in [0.1, 0.15) is 5.76 Å². The number of amides is 1. The van der Waals surface area contributed by atoms with Gasteiger partial charge in [0.25, 0.3) is 11.7 Å². The summed E-state index contributed by atoms with van der Waals surface area (Å²) in [5, 5.41) is 8.62. The van der Waals surface area contributed by atoms with E-state index in [9.17, 15) is 4.79 Å². The number of hydrazone groups is 1. The van der Waals surface area contributed by atoms with Crippen molar-refractivity contribution in [3.05, 3.63) is 41.6 Å². The third-order valence-corrected chi connectivity index (χ3v) is 3.69. The molecule has 0 spiro atoms. The number of fused-ring (bicyclic) bond motifs is 1. The lowest BCUT2D eigenvalue weighted by Gasteiger charge is -1.97. The lowest BCUT2D eigenvalue weighted by Crippen LogP contribution is -2.19. The molecule has 0 aliphatic heterocycles. The first-order chi connectivity index (χ1) is 11.1. The summed E-state index contributed by atoms with van der Waals surface area (Å²) in [6, 6.07) is 5.40.